The van der Waals surface area contributed by atoms with Crippen molar-refractivity contribution in [2.75, 3.05) is 44.7 Å². The summed E-state index contributed by atoms with van der Waals surface area (Å²) in [5, 5.41) is 0. The van der Waals surface area contributed by atoms with Crippen LogP contribution in [0, 0.1) is 0 Å². The van der Waals surface area contributed by atoms with E-state index in [-0.39, 0.29) is 24.0 Å². The minimum atomic E-state index is -3.23. The Bertz CT molecular complexity index is 832. The quantitative estimate of drug-likeness (QED) is 0.674. The summed E-state index contributed by atoms with van der Waals surface area (Å²) in [6.45, 7) is 6.35. The van der Waals surface area contributed by atoms with Crippen LogP contribution in [0.25, 0.3) is 0 Å². The molecule has 0 saturated carbocycles. The molecule has 1 unspecified atom stereocenters. The van der Waals surface area contributed by atoms with Crippen LogP contribution in [0.4, 0.5) is 0 Å². The molecule has 2 amide bonds. The molecule has 1 aromatic rings. The number of carbonyl (C=O) groups is 2. The molecule has 0 spiro atoms. The molecule has 154 valence electrons. The largest absolute Gasteiger partial charge is 0.338 e. The van der Waals surface area contributed by atoms with Gasteiger partial charge in [-0.25, -0.2) is 8.42 Å². The topological polar surface area (TPSA) is 78.0 Å². The van der Waals surface area contributed by atoms with Crippen molar-refractivity contribution in [3.8, 4) is 0 Å². The molecule has 1 fully saturated rings. The lowest BCUT2D eigenvalue weighted by molar-refractivity contribution is -0.138. The van der Waals surface area contributed by atoms with Gasteiger partial charge >= 0.3 is 0 Å². The van der Waals surface area contributed by atoms with E-state index in [0.717, 1.165) is 31.6 Å². The molecule has 7 nitrogen and oxygen atoms in total. The molecule has 8 heteroatoms. The van der Waals surface area contributed by atoms with Crippen molar-refractivity contribution in [2.24, 2.45) is 0 Å². The Kier molecular flexibility index (Phi) is 6.40. The maximum Gasteiger partial charge on any atom is 0.255 e. The second-order valence-electron chi connectivity index (χ2n) is 7.69. The minimum absolute atomic E-state index is 0.112. The van der Waals surface area contributed by atoms with E-state index in [1.807, 2.05) is 12.1 Å². The van der Waals surface area contributed by atoms with Crippen LogP contribution < -0.4 is 0 Å². The zero-order valence-electron chi connectivity index (χ0n) is 16.6. The molecule has 0 N–H and O–H groups in total. The Morgan fingerprint density at radius 3 is 2.43 bits per heavy atom. The fraction of sp³-hybridized carbons (Fsp3) is 0.600. The van der Waals surface area contributed by atoms with Gasteiger partial charge in [-0.3, -0.25) is 14.5 Å². The number of rotatable bonds is 7. The standard InChI is InChI=1S/C20H29N3O4S/c1-3-9-21-10-12-22(13-11-21)20(25)18(8-14-28(2,26)27)23-15-16-6-4-5-7-17(16)19(23)24/h4-7,18H,3,8-15H2,1-2H3. The van der Waals surface area contributed by atoms with Gasteiger partial charge in [-0.15, -0.1) is 0 Å². The number of amides is 2. The Hall–Kier alpha value is -1.93. The number of sulfone groups is 1. The van der Waals surface area contributed by atoms with E-state index in [1.54, 1.807) is 21.9 Å². The first-order chi connectivity index (χ1) is 13.3. The summed E-state index contributed by atoms with van der Waals surface area (Å²) in [5.41, 5.74) is 1.49. The Morgan fingerprint density at radius 2 is 1.82 bits per heavy atom. The first-order valence-electron chi connectivity index (χ1n) is 9.88. The molecule has 0 bridgehead atoms. The predicted molar refractivity (Wildman–Crippen MR) is 108 cm³/mol. The van der Waals surface area contributed by atoms with Crippen LogP contribution in [0.2, 0.25) is 0 Å². The summed E-state index contributed by atoms with van der Waals surface area (Å²) in [5.74, 6) is -0.438. The molecule has 3 rings (SSSR count). The van der Waals surface area contributed by atoms with Gasteiger partial charge in [-0.2, -0.15) is 0 Å². The van der Waals surface area contributed by atoms with Gasteiger partial charge in [0.05, 0.1) is 5.75 Å². The van der Waals surface area contributed by atoms with Crippen LogP contribution in [0.3, 0.4) is 0 Å². The van der Waals surface area contributed by atoms with Crippen LogP contribution >= 0.6 is 0 Å². The number of fused-ring (bicyclic) bond motifs is 1. The third kappa shape index (κ3) is 4.72. The molecule has 2 aliphatic heterocycles. The molecule has 0 aliphatic carbocycles. The number of carbonyl (C=O) groups excluding carboxylic acids is 2. The lowest BCUT2D eigenvalue weighted by Crippen LogP contribution is -2.55. The van der Waals surface area contributed by atoms with Crippen molar-refractivity contribution < 1.29 is 18.0 Å². The third-order valence-electron chi connectivity index (χ3n) is 5.50. The zero-order valence-corrected chi connectivity index (χ0v) is 17.5. The van der Waals surface area contributed by atoms with E-state index in [9.17, 15) is 18.0 Å². The van der Waals surface area contributed by atoms with Crippen LogP contribution in [-0.4, -0.2) is 85.7 Å². The molecular weight excluding hydrogens is 378 g/mol. The fourth-order valence-corrected chi connectivity index (χ4v) is 4.64. The summed E-state index contributed by atoms with van der Waals surface area (Å²) in [6, 6.07) is 6.58. The van der Waals surface area contributed by atoms with Gasteiger partial charge in [0, 0.05) is 44.5 Å². The van der Waals surface area contributed by atoms with Crippen LogP contribution in [0.1, 0.15) is 35.7 Å². The average Bonchev–Trinajstić information content (AvgIpc) is 2.99. The average molecular weight is 408 g/mol. The van der Waals surface area contributed by atoms with Gasteiger partial charge in [-0.05, 0) is 31.0 Å². The van der Waals surface area contributed by atoms with Crippen molar-refractivity contribution in [3.63, 3.8) is 0 Å². The molecule has 28 heavy (non-hydrogen) atoms. The van der Waals surface area contributed by atoms with E-state index < -0.39 is 15.9 Å². The highest BCUT2D eigenvalue weighted by Gasteiger charge is 2.38. The minimum Gasteiger partial charge on any atom is -0.338 e. The Balaban J connectivity index is 1.76. The molecule has 1 saturated heterocycles. The highest BCUT2D eigenvalue weighted by atomic mass is 32.2. The lowest BCUT2D eigenvalue weighted by Gasteiger charge is -2.38. The van der Waals surface area contributed by atoms with Gasteiger partial charge in [0.25, 0.3) is 5.91 Å². The van der Waals surface area contributed by atoms with Gasteiger partial charge in [-0.1, -0.05) is 25.1 Å². The van der Waals surface area contributed by atoms with Gasteiger partial charge in [0.1, 0.15) is 15.9 Å². The summed E-state index contributed by atoms with van der Waals surface area (Å²) < 4.78 is 23.5. The third-order valence-corrected chi connectivity index (χ3v) is 6.47. The van der Waals surface area contributed by atoms with E-state index in [4.69, 9.17) is 0 Å². The summed E-state index contributed by atoms with van der Waals surface area (Å²) >= 11 is 0. The van der Waals surface area contributed by atoms with Crippen LogP contribution in [0.15, 0.2) is 24.3 Å². The van der Waals surface area contributed by atoms with Crippen molar-refractivity contribution in [2.45, 2.75) is 32.4 Å². The molecule has 0 aromatic heterocycles. The van der Waals surface area contributed by atoms with Gasteiger partial charge in [0.2, 0.25) is 5.91 Å². The van der Waals surface area contributed by atoms with Gasteiger partial charge < -0.3 is 9.80 Å². The maximum atomic E-state index is 13.3. The van der Waals surface area contributed by atoms with Crippen molar-refractivity contribution >= 4 is 21.7 Å². The second kappa shape index (κ2) is 8.61. The Labute approximate surface area is 167 Å². The van der Waals surface area contributed by atoms with E-state index in [1.165, 1.54) is 6.26 Å². The van der Waals surface area contributed by atoms with Crippen LogP contribution in [-0.2, 0) is 21.2 Å². The molecule has 2 aliphatic rings. The second-order valence-corrected chi connectivity index (χ2v) is 9.95. The molecule has 1 atom stereocenters. The van der Waals surface area contributed by atoms with E-state index in [0.29, 0.717) is 25.2 Å². The fourth-order valence-electron chi connectivity index (χ4n) is 3.99. The predicted octanol–water partition coefficient (Wildman–Crippen LogP) is 1.000. The Morgan fingerprint density at radius 1 is 1.14 bits per heavy atom. The first-order valence-corrected chi connectivity index (χ1v) is 11.9. The monoisotopic (exact) mass is 407 g/mol. The van der Waals surface area contributed by atoms with E-state index in [2.05, 4.69) is 11.8 Å². The molecule has 0 radical (unpaired) electrons. The number of hydrogen-bond donors (Lipinski definition) is 0. The summed E-state index contributed by atoms with van der Waals surface area (Å²) in [4.78, 5) is 31.8. The van der Waals surface area contributed by atoms with Crippen LogP contribution in [0.5, 0.6) is 0 Å². The summed E-state index contributed by atoms with van der Waals surface area (Å²) in [7, 11) is -3.23. The van der Waals surface area contributed by atoms with E-state index >= 15 is 0 Å². The highest BCUT2D eigenvalue weighted by molar-refractivity contribution is 7.90. The molecular formula is C20H29N3O4S. The molecule has 1 aromatic carbocycles. The SMILES string of the molecule is CCCN1CCN(C(=O)C(CCS(C)(=O)=O)N2Cc3ccccc3C2=O)CC1. The maximum absolute atomic E-state index is 13.3. The number of hydrogen-bond acceptors (Lipinski definition) is 5. The smallest absolute Gasteiger partial charge is 0.255 e. The highest BCUT2D eigenvalue weighted by Crippen LogP contribution is 2.26. The van der Waals surface area contributed by atoms with Crippen molar-refractivity contribution in [1.29, 1.82) is 0 Å². The molecule has 2 heterocycles. The first kappa shape index (κ1) is 20.8. The number of benzene rings is 1. The normalized spacial score (nSPS) is 19.0. The van der Waals surface area contributed by atoms with Gasteiger partial charge in [0.15, 0.2) is 0 Å². The number of nitrogens with zero attached hydrogens (tertiary/aromatic N) is 3. The van der Waals surface area contributed by atoms with Crippen molar-refractivity contribution in [3.05, 3.63) is 35.4 Å². The summed E-state index contributed by atoms with van der Waals surface area (Å²) in [6.07, 6.45) is 2.37. The lowest BCUT2D eigenvalue weighted by atomic mass is 10.1. The number of piperazine rings is 1. The van der Waals surface area contributed by atoms with Crippen molar-refractivity contribution in [1.82, 2.24) is 14.7 Å². The zero-order chi connectivity index (χ0) is 20.3.